The number of nitrogen functional groups attached to an aromatic ring is 1. The van der Waals surface area contributed by atoms with Crippen LogP contribution in [0.2, 0.25) is 0 Å². The van der Waals surface area contributed by atoms with Gasteiger partial charge >= 0.3 is 0 Å². The molecule has 0 aliphatic carbocycles. The predicted molar refractivity (Wildman–Crippen MR) is 63.6 cm³/mol. The van der Waals surface area contributed by atoms with Crippen molar-refractivity contribution in [3.63, 3.8) is 0 Å². The number of nitrogens with one attached hydrogen (secondary N) is 2. The van der Waals surface area contributed by atoms with Crippen LogP contribution in [-0.4, -0.2) is 20.9 Å². The maximum Gasteiger partial charge on any atom is 0.265 e. The maximum atomic E-state index is 11.8. The molecule has 0 unspecified atom stereocenters. The van der Waals surface area contributed by atoms with Gasteiger partial charge in [0.05, 0.1) is 4.90 Å². The fraction of sp³-hybridized carbons (Fsp3) is 0.300. The number of rotatable bonds is 5. The first-order chi connectivity index (χ1) is 8.01. The quantitative estimate of drug-likeness (QED) is 0.392. The fourth-order valence-electron chi connectivity index (χ4n) is 1.21. The summed E-state index contributed by atoms with van der Waals surface area (Å²) in [6, 6.07) is 5.68. The summed E-state index contributed by atoms with van der Waals surface area (Å²) in [5.74, 6) is 4.45. The second kappa shape index (κ2) is 5.76. The van der Waals surface area contributed by atoms with Gasteiger partial charge in [-0.25, -0.2) is 19.0 Å². The number of hydrogen-bond acceptors (Lipinski definition) is 4. The molecule has 0 aliphatic heterocycles. The van der Waals surface area contributed by atoms with Crippen molar-refractivity contribution in [3.8, 4) is 0 Å². The molecule has 0 bridgehead atoms. The van der Waals surface area contributed by atoms with Crippen molar-refractivity contribution < 1.29 is 13.2 Å². The molecule has 1 amide bonds. The molecule has 0 atom stereocenters. The van der Waals surface area contributed by atoms with E-state index in [-0.39, 0.29) is 10.5 Å². The summed E-state index contributed by atoms with van der Waals surface area (Å²) in [5, 5.41) is 0. The standard InChI is InChI=1S/C10H15N3O3S/c1-2-6-12-17(15,16)9-5-3-4-8(7-9)10(14)13-11/h3-5,7,12H,2,6,11H2,1H3,(H,13,14). The topological polar surface area (TPSA) is 101 Å². The van der Waals surface area contributed by atoms with Gasteiger partial charge in [0.15, 0.2) is 0 Å². The molecule has 0 aromatic heterocycles. The van der Waals surface area contributed by atoms with Crippen LogP contribution in [0.3, 0.4) is 0 Å². The minimum Gasteiger partial charge on any atom is -0.290 e. The molecule has 0 heterocycles. The molecule has 0 aliphatic rings. The third-order valence-corrected chi connectivity index (χ3v) is 3.54. The second-order valence-corrected chi connectivity index (χ2v) is 5.17. The van der Waals surface area contributed by atoms with Crippen LogP contribution >= 0.6 is 0 Å². The molecule has 1 aromatic rings. The van der Waals surface area contributed by atoms with E-state index >= 15 is 0 Å². The third-order valence-electron chi connectivity index (χ3n) is 2.08. The smallest absolute Gasteiger partial charge is 0.265 e. The van der Waals surface area contributed by atoms with E-state index in [0.29, 0.717) is 13.0 Å². The van der Waals surface area contributed by atoms with Crippen molar-refractivity contribution in [1.82, 2.24) is 10.1 Å². The van der Waals surface area contributed by atoms with Crippen molar-refractivity contribution in [2.24, 2.45) is 5.84 Å². The average molecular weight is 257 g/mol. The molecule has 7 heteroatoms. The molecule has 17 heavy (non-hydrogen) atoms. The Morgan fingerprint density at radius 3 is 2.71 bits per heavy atom. The van der Waals surface area contributed by atoms with E-state index in [2.05, 4.69) is 4.72 Å². The Hall–Kier alpha value is -1.44. The Bertz CT molecular complexity index is 499. The first-order valence-electron chi connectivity index (χ1n) is 5.12. The summed E-state index contributed by atoms with van der Waals surface area (Å²) in [7, 11) is -3.56. The highest BCUT2D eigenvalue weighted by molar-refractivity contribution is 7.89. The van der Waals surface area contributed by atoms with E-state index in [0.717, 1.165) is 0 Å². The lowest BCUT2D eigenvalue weighted by Crippen LogP contribution is -2.30. The number of hydrazine groups is 1. The van der Waals surface area contributed by atoms with Gasteiger partial charge in [-0.1, -0.05) is 13.0 Å². The average Bonchev–Trinajstić information content (AvgIpc) is 2.35. The minimum atomic E-state index is -3.56. The van der Waals surface area contributed by atoms with E-state index in [1.807, 2.05) is 12.3 Å². The zero-order valence-corrected chi connectivity index (χ0v) is 10.3. The van der Waals surface area contributed by atoms with Crippen LogP contribution in [-0.2, 0) is 10.0 Å². The monoisotopic (exact) mass is 257 g/mol. The summed E-state index contributed by atoms with van der Waals surface area (Å²) in [5.41, 5.74) is 2.15. The third kappa shape index (κ3) is 3.52. The molecular formula is C10H15N3O3S. The largest absolute Gasteiger partial charge is 0.290 e. The SMILES string of the molecule is CCCNS(=O)(=O)c1cccc(C(=O)NN)c1. The molecule has 0 radical (unpaired) electrons. The van der Waals surface area contributed by atoms with Crippen molar-refractivity contribution >= 4 is 15.9 Å². The lowest BCUT2D eigenvalue weighted by Gasteiger charge is -2.06. The lowest BCUT2D eigenvalue weighted by atomic mass is 10.2. The lowest BCUT2D eigenvalue weighted by molar-refractivity contribution is 0.0953. The number of carbonyl (C=O) groups excluding carboxylic acids is 1. The molecule has 6 nitrogen and oxygen atoms in total. The Kier molecular flexibility index (Phi) is 4.62. The van der Waals surface area contributed by atoms with Gasteiger partial charge in [-0.05, 0) is 24.6 Å². The van der Waals surface area contributed by atoms with Gasteiger partial charge in [-0.3, -0.25) is 10.2 Å². The van der Waals surface area contributed by atoms with Gasteiger partial charge < -0.3 is 0 Å². The molecule has 1 aromatic carbocycles. The second-order valence-electron chi connectivity index (χ2n) is 3.40. The Balaban J connectivity index is 3.03. The molecule has 1 rings (SSSR count). The van der Waals surface area contributed by atoms with Crippen LogP contribution in [0, 0.1) is 0 Å². The van der Waals surface area contributed by atoms with Crippen LogP contribution in [0.5, 0.6) is 0 Å². The number of nitrogens with two attached hydrogens (primary N) is 1. The highest BCUT2D eigenvalue weighted by Crippen LogP contribution is 2.11. The molecule has 4 N–H and O–H groups in total. The summed E-state index contributed by atoms with van der Waals surface area (Å²) >= 11 is 0. The van der Waals surface area contributed by atoms with Crippen molar-refractivity contribution in [1.29, 1.82) is 0 Å². The molecule has 0 saturated heterocycles. The van der Waals surface area contributed by atoms with E-state index in [1.165, 1.54) is 24.3 Å². The van der Waals surface area contributed by atoms with Gasteiger partial charge in [0.2, 0.25) is 10.0 Å². The Morgan fingerprint density at radius 2 is 2.12 bits per heavy atom. The Labute approximate surface area is 100 Å². The fourth-order valence-corrected chi connectivity index (χ4v) is 2.39. The van der Waals surface area contributed by atoms with Crippen LogP contribution in [0.1, 0.15) is 23.7 Å². The van der Waals surface area contributed by atoms with E-state index in [9.17, 15) is 13.2 Å². The summed E-state index contributed by atoms with van der Waals surface area (Å²) in [4.78, 5) is 11.3. The van der Waals surface area contributed by atoms with Crippen LogP contribution < -0.4 is 16.0 Å². The highest BCUT2D eigenvalue weighted by atomic mass is 32.2. The highest BCUT2D eigenvalue weighted by Gasteiger charge is 2.14. The van der Waals surface area contributed by atoms with Gasteiger partial charge in [0.25, 0.3) is 5.91 Å². The number of carbonyl (C=O) groups is 1. The van der Waals surface area contributed by atoms with Crippen LogP contribution in [0.25, 0.3) is 0 Å². The Morgan fingerprint density at radius 1 is 1.41 bits per heavy atom. The van der Waals surface area contributed by atoms with Crippen molar-refractivity contribution in [2.75, 3.05) is 6.54 Å². The molecule has 94 valence electrons. The van der Waals surface area contributed by atoms with Crippen LogP contribution in [0.15, 0.2) is 29.2 Å². The number of amides is 1. The number of sulfonamides is 1. The van der Waals surface area contributed by atoms with E-state index < -0.39 is 15.9 Å². The van der Waals surface area contributed by atoms with Crippen LogP contribution in [0.4, 0.5) is 0 Å². The first kappa shape index (κ1) is 13.6. The zero-order valence-electron chi connectivity index (χ0n) is 9.43. The minimum absolute atomic E-state index is 0.0482. The van der Waals surface area contributed by atoms with Gasteiger partial charge in [0, 0.05) is 12.1 Å². The summed E-state index contributed by atoms with van der Waals surface area (Å²) < 4.78 is 26.0. The van der Waals surface area contributed by atoms with Gasteiger partial charge in [-0.15, -0.1) is 0 Å². The number of benzene rings is 1. The van der Waals surface area contributed by atoms with Crippen molar-refractivity contribution in [3.05, 3.63) is 29.8 Å². The molecule has 0 spiro atoms. The zero-order chi connectivity index (χ0) is 12.9. The van der Waals surface area contributed by atoms with Crippen molar-refractivity contribution in [2.45, 2.75) is 18.2 Å². The molecule has 0 saturated carbocycles. The normalized spacial score (nSPS) is 11.2. The van der Waals surface area contributed by atoms with Gasteiger partial charge in [0.1, 0.15) is 0 Å². The summed E-state index contributed by atoms with van der Waals surface area (Å²) in [6.45, 7) is 2.22. The van der Waals surface area contributed by atoms with E-state index in [4.69, 9.17) is 5.84 Å². The summed E-state index contributed by atoms with van der Waals surface area (Å²) in [6.07, 6.45) is 0.697. The molecular weight excluding hydrogens is 242 g/mol. The maximum absolute atomic E-state index is 11.8. The molecule has 0 fully saturated rings. The van der Waals surface area contributed by atoms with E-state index in [1.54, 1.807) is 0 Å². The number of hydrogen-bond donors (Lipinski definition) is 3. The van der Waals surface area contributed by atoms with Gasteiger partial charge in [-0.2, -0.15) is 0 Å². The first-order valence-corrected chi connectivity index (χ1v) is 6.60. The predicted octanol–water partition coefficient (Wildman–Crippen LogP) is -0.0216.